The summed E-state index contributed by atoms with van der Waals surface area (Å²) in [5, 5.41) is 7.20. The minimum Gasteiger partial charge on any atom is -0.365 e. The third-order valence-corrected chi connectivity index (χ3v) is 6.30. The Hall–Kier alpha value is -3.24. The molecule has 6 N–H and O–H groups in total. The maximum atomic E-state index is 14.8. The number of nitrogens with zero attached hydrogens (tertiary/aromatic N) is 4. The molecule has 1 aliphatic carbocycles. The Bertz CT molecular complexity index is 1160. The predicted molar refractivity (Wildman–Crippen MR) is 133 cm³/mol. The molecule has 2 atom stereocenters. The second kappa shape index (κ2) is 10.4. The zero-order valence-corrected chi connectivity index (χ0v) is 19.7. The molecule has 0 bridgehead atoms. The van der Waals surface area contributed by atoms with Crippen LogP contribution in [0.1, 0.15) is 42.5 Å². The number of hydrogen-bond donors (Lipinski definition) is 4. The van der Waals surface area contributed by atoms with Gasteiger partial charge in [-0.2, -0.15) is 0 Å². The Balaban J connectivity index is 1.63. The lowest BCUT2D eigenvalue weighted by Crippen LogP contribution is -2.43. The standard InChI is InChI=1S/C24H33FN8O/c1-32(2)11-5-12-33-13-9-15-19(8-10-28-24(15)33)29-22-16(21(27)34)14-17(25)23(31-22)30-20-7-4-3-6-18(20)26/h8-10,13-14,18,20H,3-7,11-12,26H2,1-2H3,(H2,27,34)(H2,28,29,30,31)/t18-,20+/m0/s1. The van der Waals surface area contributed by atoms with Crippen LogP contribution in [-0.4, -0.2) is 58.1 Å². The molecule has 3 heterocycles. The van der Waals surface area contributed by atoms with Crippen LogP contribution in [0.4, 0.5) is 21.7 Å². The first-order chi connectivity index (χ1) is 16.3. The summed E-state index contributed by atoms with van der Waals surface area (Å²) in [4.78, 5) is 23.2. The van der Waals surface area contributed by atoms with Gasteiger partial charge in [-0.15, -0.1) is 0 Å². The molecule has 4 rings (SSSR count). The molecule has 1 fully saturated rings. The van der Waals surface area contributed by atoms with Crippen molar-refractivity contribution in [1.82, 2.24) is 19.4 Å². The summed E-state index contributed by atoms with van der Waals surface area (Å²) in [6.45, 7) is 1.80. The maximum Gasteiger partial charge on any atom is 0.252 e. The second-order valence-electron chi connectivity index (χ2n) is 9.17. The average Bonchev–Trinajstić information content (AvgIpc) is 3.21. The molecule has 34 heavy (non-hydrogen) atoms. The number of primary amides is 1. The highest BCUT2D eigenvalue weighted by atomic mass is 19.1. The summed E-state index contributed by atoms with van der Waals surface area (Å²) in [7, 11) is 4.09. The number of aromatic nitrogens is 3. The van der Waals surface area contributed by atoms with Gasteiger partial charge in [-0.05, 0) is 58.1 Å². The van der Waals surface area contributed by atoms with Gasteiger partial charge >= 0.3 is 0 Å². The number of nitrogens with one attached hydrogen (secondary N) is 2. The smallest absolute Gasteiger partial charge is 0.252 e. The van der Waals surface area contributed by atoms with Crippen molar-refractivity contribution < 1.29 is 9.18 Å². The van der Waals surface area contributed by atoms with E-state index in [4.69, 9.17) is 11.5 Å². The molecule has 3 aromatic rings. The number of aryl methyl sites for hydroxylation is 1. The van der Waals surface area contributed by atoms with Gasteiger partial charge in [0.25, 0.3) is 5.91 Å². The van der Waals surface area contributed by atoms with Crippen molar-refractivity contribution in [3.63, 3.8) is 0 Å². The van der Waals surface area contributed by atoms with Crippen molar-refractivity contribution in [2.75, 3.05) is 31.3 Å². The summed E-state index contributed by atoms with van der Waals surface area (Å²) in [6.07, 6.45) is 8.48. The van der Waals surface area contributed by atoms with Gasteiger partial charge in [0.05, 0.1) is 11.3 Å². The Morgan fingerprint density at radius 3 is 2.79 bits per heavy atom. The third kappa shape index (κ3) is 5.28. The molecule has 3 aromatic heterocycles. The van der Waals surface area contributed by atoms with Crippen LogP contribution in [0.2, 0.25) is 0 Å². The van der Waals surface area contributed by atoms with Crippen LogP contribution in [-0.2, 0) is 6.54 Å². The van der Waals surface area contributed by atoms with E-state index in [9.17, 15) is 9.18 Å². The Morgan fingerprint density at radius 1 is 1.26 bits per heavy atom. The van der Waals surface area contributed by atoms with Crippen LogP contribution in [0.3, 0.4) is 0 Å². The van der Waals surface area contributed by atoms with E-state index in [1.54, 1.807) is 12.3 Å². The van der Waals surface area contributed by atoms with Crippen molar-refractivity contribution in [3.05, 3.63) is 42.0 Å². The third-order valence-electron chi connectivity index (χ3n) is 6.30. The predicted octanol–water partition coefficient (Wildman–Crippen LogP) is 3.05. The number of carbonyl (C=O) groups excluding carboxylic acids is 1. The molecule has 0 saturated heterocycles. The largest absolute Gasteiger partial charge is 0.365 e. The van der Waals surface area contributed by atoms with Crippen LogP contribution < -0.4 is 22.1 Å². The van der Waals surface area contributed by atoms with Crippen molar-refractivity contribution in [3.8, 4) is 0 Å². The van der Waals surface area contributed by atoms with Gasteiger partial charge in [-0.25, -0.2) is 14.4 Å². The number of pyridine rings is 2. The zero-order chi connectivity index (χ0) is 24.2. The topological polar surface area (TPSA) is 127 Å². The second-order valence-corrected chi connectivity index (χ2v) is 9.17. The van der Waals surface area contributed by atoms with Crippen molar-refractivity contribution in [2.24, 2.45) is 11.5 Å². The summed E-state index contributed by atoms with van der Waals surface area (Å²) < 4.78 is 16.9. The van der Waals surface area contributed by atoms with Crippen LogP contribution >= 0.6 is 0 Å². The molecule has 1 amide bonds. The molecule has 0 spiro atoms. The fourth-order valence-corrected chi connectivity index (χ4v) is 4.45. The molecular formula is C24H33FN8O. The SMILES string of the molecule is CN(C)CCCn1ccc2c(Nc3nc(N[C@@H]4CCCC[C@@H]4N)c(F)cc3C(N)=O)ccnc21. The van der Waals surface area contributed by atoms with E-state index in [2.05, 4.69) is 30.1 Å². The van der Waals surface area contributed by atoms with E-state index in [1.807, 2.05) is 26.4 Å². The lowest BCUT2D eigenvalue weighted by molar-refractivity contribution is 0.100. The van der Waals surface area contributed by atoms with E-state index < -0.39 is 11.7 Å². The minimum absolute atomic E-state index is 0.0219. The number of amides is 1. The van der Waals surface area contributed by atoms with Crippen LogP contribution in [0.5, 0.6) is 0 Å². The van der Waals surface area contributed by atoms with Gasteiger partial charge in [0, 0.05) is 36.4 Å². The van der Waals surface area contributed by atoms with Gasteiger partial charge < -0.3 is 31.6 Å². The highest BCUT2D eigenvalue weighted by Crippen LogP contribution is 2.30. The van der Waals surface area contributed by atoms with Gasteiger partial charge in [-0.3, -0.25) is 4.79 Å². The number of halogens is 1. The fourth-order valence-electron chi connectivity index (χ4n) is 4.45. The summed E-state index contributed by atoms with van der Waals surface area (Å²) in [5.74, 6) is -1.15. The summed E-state index contributed by atoms with van der Waals surface area (Å²) in [6, 6.07) is 4.74. The Morgan fingerprint density at radius 2 is 2.06 bits per heavy atom. The number of fused-ring (bicyclic) bond motifs is 1. The van der Waals surface area contributed by atoms with E-state index >= 15 is 0 Å². The molecule has 0 radical (unpaired) electrons. The van der Waals surface area contributed by atoms with E-state index in [1.165, 1.54) is 0 Å². The molecule has 10 heteroatoms. The normalized spacial score (nSPS) is 18.4. The number of anilines is 3. The first-order valence-electron chi connectivity index (χ1n) is 11.7. The monoisotopic (exact) mass is 468 g/mol. The number of carbonyl (C=O) groups is 1. The van der Waals surface area contributed by atoms with Crippen LogP contribution in [0.25, 0.3) is 11.0 Å². The quantitative estimate of drug-likeness (QED) is 0.380. The van der Waals surface area contributed by atoms with E-state index in [-0.39, 0.29) is 29.3 Å². The fraction of sp³-hybridized carbons (Fsp3) is 0.458. The summed E-state index contributed by atoms with van der Waals surface area (Å²) >= 11 is 0. The lowest BCUT2D eigenvalue weighted by atomic mass is 9.91. The van der Waals surface area contributed by atoms with Crippen LogP contribution in [0, 0.1) is 5.82 Å². The molecule has 0 aliphatic heterocycles. The molecule has 9 nitrogen and oxygen atoms in total. The van der Waals surface area contributed by atoms with Gasteiger partial charge in [0.1, 0.15) is 11.5 Å². The first kappa shape index (κ1) is 23.9. The number of hydrogen-bond acceptors (Lipinski definition) is 7. The van der Waals surface area contributed by atoms with Crippen molar-refractivity contribution in [2.45, 2.75) is 50.7 Å². The van der Waals surface area contributed by atoms with Crippen LogP contribution in [0.15, 0.2) is 30.6 Å². The highest BCUT2D eigenvalue weighted by molar-refractivity contribution is 6.00. The Labute approximate surface area is 198 Å². The average molecular weight is 469 g/mol. The highest BCUT2D eigenvalue weighted by Gasteiger charge is 2.24. The summed E-state index contributed by atoms with van der Waals surface area (Å²) in [5.41, 5.74) is 13.3. The zero-order valence-electron chi connectivity index (χ0n) is 19.7. The van der Waals surface area contributed by atoms with E-state index in [0.29, 0.717) is 5.69 Å². The maximum absolute atomic E-state index is 14.8. The first-order valence-corrected chi connectivity index (χ1v) is 11.7. The molecule has 182 valence electrons. The van der Waals surface area contributed by atoms with Crippen molar-refractivity contribution >= 4 is 34.3 Å². The molecule has 1 aliphatic rings. The van der Waals surface area contributed by atoms with Gasteiger partial charge in [-0.1, -0.05) is 12.8 Å². The van der Waals surface area contributed by atoms with Gasteiger partial charge in [0.15, 0.2) is 11.6 Å². The van der Waals surface area contributed by atoms with Gasteiger partial charge in [0.2, 0.25) is 0 Å². The van der Waals surface area contributed by atoms with E-state index in [0.717, 1.165) is 62.3 Å². The molecule has 1 saturated carbocycles. The lowest BCUT2D eigenvalue weighted by Gasteiger charge is -2.30. The Kier molecular flexibility index (Phi) is 7.28. The number of rotatable bonds is 9. The van der Waals surface area contributed by atoms with Crippen molar-refractivity contribution in [1.29, 1.82) is 0 Å². The molecule has 0 unspecified atom stereocenters. The minimum atomic E-state index is -0.763. The molecular weight excluding hydrogens is 435 g/mol. The number of nitrogens with two attached hydrogens (primary N) is 2. The molecule has 0 aromatic carbocycles.